The van der Waals surface area contributed by atoms with Gasteiger partial charge in [0.05, 0.1) is 14.2 Å². The molecule has 0 fully saturated rings. The lowest BCUT2D eigenvalue weighted by atomic mass is 10.4. The van der Waals surface area contributed by atoms with E-state index in [0.29, 0.717) is 5.01 Å². The monoisotopic (exact) mass is 239 g/mol. The van der Waals surface area contributed by atoms with Crippen LogP contribution in [0, 0.1) is 11.8 Å². The van der Waals surface area contributed by atoms with Gasteiger partial charge in [-0.2, -0.15) is 0 Å². The number of carbonyl (C=O) groups is 2. The van der Waals surface area contributed by atoms with E-state index in [1.165, 1.54) is 25.6 Å². The van der Waals surface area contributed by atoms with E-state index in [0.717, 1.165) is 0 Å². The second kappa shape index (κ2) is 5.88. The van der Waals surface area contributed by atoms with E-state index in [9.17, 15) is 9.59 Å². The van der Waals surface area contributed by atoms with Crippen LogP contribution in [0.1, 0.15) is 21.9 Å². The van der Waals surface area contributed by atoms with E-state index < -0.39 is 11.9 Å². The Kier molecular flexibility index (Phi) is 4.48. The van der Waals surface area contributed by atoms with Gasteiger partial charge in [0.15, 0.2) is 10.7 Å². The molecule has 0 spiro atoms. The van der Waals surface area contributed by atoms with Crippen LogP contribution < -0.4 is 0 Å². The van der Waals surface area contributed by atoms with Crippen molar-refractivity contribution in [2.45, 2.75) is 6.42 Å². The first kappa shape index (κ1) is 12.2. The quantitative estimate of drug-likeness (QED) is 0.565. The molecule has 0 atom stereocenters. The molecule has 84 valence electrons. The number of nitrogens with zero attached hydrogens (tertiary/aromatic N) is 1. The third-order valence-electron chi connectivity index (χ3n) is 1.55. The summed E-state index contributed by atoms with van der Waals surface area (Å²) in [6, 6.07) is 0. The summed E-state index contributed by atoms with van der Waals surface area (Å²) < 4.78 is 8.91. The summed E-state index contributed by atoms with van der Waals surface area (Å²) in [4.78, 5) is 25.7. The van der Waals surface area contributed by atoms with Crippen molar-refractivity contribution in [1.82, 2.24) is 4.98 Å². The molecular formula is C10H9NO4S. The van der Waals surface area contributed by atoms with Crippen LogP contribution in [0.15, 0.2) is 5.38 Å². The van der Waals surface area contributed by atoms with Crippen LogP contribution in [-0.2, 0) is 14.3 Å². The third-order valence-corrected chi connectivity index (χ3v) is 2.31. The van der Waals surface area contributed by atoms with Gasteiger partial charge in [-0.1, -0.05) is 5.92 Å². The number of methoxy groups -OCH3 is 2. The van der Waals surface area contributed by atoms with Gasteiger partial charge in [0.25, 0.3) is 0 Å². The summed E-state index contributed by atoms with van der Waals surface area (Å²) in [6.45, 7) is 0. The Balaban J connectivity index is 2.65. The molecule has 1 heterocycles. The van der Waals surface area contributed by atoms with Gasteiger partial charge in [0, 0.05) is 5.38 Å². The summed E-state index contributed by atoms with van der Waals surface area (Å²) in [5.41, 5.74) is 0.217. The van der Waals surface area contributed by atoms with Crippen LogP contribution in [0.4, 0.5) is 0 Å². The number of thiazole rings is 1. The third kappa shape index (κ3) is 3.37. The predicted molar refractivity (Wildman–Crippen MR) is 57.0 cm³/mol. The minimum Gasteiger partial charge on any atom is -0.468 e. The second-order valence-corrected chi connectivity index (χ2v) is 3.44. The SMILES string of the molecule is COC(=O)CC#Cc1nc(C(=O)OC)cs1. The Labute approximate surface area is 96.4 Å². The van der Waals surface area contributed by atoms with Crippen LogP contribution in [0.2, 0.25) is 0 Å². The topological polar surface area (TPSA) is 65.5 Å². The lowest BCUT2D eigenvalue weighted by Crippen LogP contribution is -2.01. The molecule has 0 radical (unpaired) electrons. The first-order valence-corrected chi connectivity index (χ1v) is 5.15. The van der Waals surface area contributed by atoms with E-state index in [2.05, 4.69) is 26.3 Å². The highest BCUT2D eigenvalue weighted by molar-refractivity contribution is 7.10. The molecule has 0 aliphatic carbocycles. The number of esters is 2. The molecule has 0 saturated heterocycles. The minimum absolute atomic E-state index is 0.00361. The molecule has 0 aliphatic heterocycles. The van der Waals surface area contributed by atoms with Gasteiger partial charge in [-0.05, 0) is 5.92 Å². The highest BCUT2D eigenvalue weighted by atomic mass is 32.1. The molecule has 0 saturated carbocycles. The zero-order valence-electron chi connectivity index (χ0n) is 8.77. The Morgan fingerprint density at radius 1 is 1.44 bits per heavy atom. The number of aromatic nitrogens is 1. The Bertz CT molecular complexity index is 455. The van der Waals surface area contributed by atoms with Crippen molar-refractivity contribution in [1.29, 1.82) is 0 Å². The fourth-order valence-corrected chi connectivity index (χ4v) is 1.45. The summed E-state index contributed by atoms with van der Waals surface area (Å²) in [7, 11) is 2.58. The van der Waals surface area contributed by atoms with Gasteiger partial charge >= 0.3 is 11.9 Å². The summed E-state index contributed by atoms with van der Waals surface area (Å²) in [5.74, 6) is 4.34. The van der Waals surface area contributed by atoms with E-state index in [1.54, 1.807) is 5.38 Å². The Morgan fingerprint density at radius 3 is 2.81 bits per heavy atom. The molecule has 0 aromatic carbocycles. The lowest BCUT2D eigenvalue weighted by Gasteiger charge is -1.90. The maximum absolute atomic E-state index is 11.1. The maximum Gasteiger partial charge on any atom is 0.357 e. The number of carbonyl (C=O) groups excluding carboxylic acids is 2. The summed E-state index contributed by atoms with van der Waals surface area (Å²) in [5, 5.41) is 2.01. The van der Waals surface area contributed by atoms with Crippen molar-refractivity contribution in [2.24, 2.45) is 0 Å². The van der Waals surface area contributed by atoms with Crippen molar-refractivity contribution in [2.75, 3.05) is 14.2 Å². The molecule has 0 aliphatic rings. The lowest BCUT2D eigenvalue weighted by molar-refractivity contribution is -0.139. The average molecular weight is 239 g/mol. The largest absolute Gasteiger partial charge is 0.468 e. The normalized spacial score (nSPS) is 8.88. The molecule has 1 rings (SSSR count). The van der Waals surface area contributed by atoms with Crippen LogP contribution in [-0.4, -0.2) is 31.1 Å². The van der Waals surface area contributed by atoms with Crippen molar-refractivity contribution < 1.29 is 19.1 Å². The molecule has 0 unspecified atom stereocenters. The van der Waals surface area contributed by atoms with Gasteiger partial charge in [0.2, 0.25) is 0 Å². The number of hydrogen-bond acceptors (Lipinski definition) is 6. The van der Waals surface area contributed by atoms with Crippen molar-refractivity contribution in [3.63, 3.8) is 0 Å². The molecular weight excluding hydrogens is 230 g/mol. The van der Waals surface area contributed by atoms with Crippen LogP contribution >= 0.6 is 11.3 Å². The first-order valence-electron chi connectivity index (χ1n) is 4.27. The molecule has 1 aromatic heterocycles. The van der Waals surface area contributed by atoms with Crippen LogP contribution in [0.25, 0.3) is 0 Å². The predicted octanol–water partition coefficient (Wildman–Crippen LogP) is 0.844. The standard InChI is InChI=1S/C10H9NO4S/c1-14-9(12)5-3-4-8-11-7(6-16-8)10(13)15-2/h6H,5H2,1-2H3. The second-order valence-electron chi connectivity index (χ2n) is 2.58. The fourth-order valence-electron chi connectivity index (χ4n) is 0.794. The Morgan fingerprint density at radius 2 is 2.19 bits per heavy atom. The zero-order valence-corrected chi connectivity index (χ0v) is 9.59. The molecule has 16 heavy (non-hydrogen) atoms. The maximum atomic E-state index is 11.1. The van der Waals surface area contributed by atoms with Gasteiger partial charge in [-0.15, -0.1) is 11.3 Å². The van der Waals surface area contributed by atoms with E-state index in [-0.39, 0.29) is 12.1 Å². The van der Waals surface area contributed by atoms with E-state index in [1.807, 2.05) is 0 Å². The van der Waals surface area contributed by atoms with E-state index in [4.69, 9.17) is 0 Å². The molecule has 0 N–H and O–H groups in total. The summed E-state index contributed by atoms with van der Waals surface area (Å²) >= 11 is 1.21. The summed E-state index contributed by atoms with van der Waals surface area (Å²) in [6.07, 6.45) is 0.00361. The fraction of sp³-hybridized carbons (Fsp3) is 0.300. The minimum atomic E-state index is -0.503. The van der Waals surface area contributed by atoms with Gasteiger partial charge in [-0.25, -0.2) is 9.78 Å². The molecule has 1 aromatic rings. The van der Waals surface area contributed by atoms with Crippen molar-refractivity contribution in [3.05, 3.63) is 16.1 Å². The van der Waals surface area contributed by atoms with E-state index >= 15 is 0 Å². The highest BCUT2D eigenvalue weighted by Crippen LogP contribution is 2.09. The van der Waals surface area contributed by atoms with Gasteiger partial charge in [0.1, 0.15) is 6.42 Å². The average Bonchev–Trinajstić information content (AvgIpc) is 2.76. The smallest absolute Gasteiger partial charge is 0.357 e. The number of hydrogen-bond donors (Lipinski definition) is 0. The molecule has 0 amide bonds. The zero-order chi connectivity index (χ0) is 12.0. The highest BCUT2D eigenvalue weighted by Gasteiger charge is 2.08. The number of rotatable bonds is 2. The van der Waals surface area contributed by atoms with Crippen molar-refractivity contribution >= 4 is 23.3 Å². The van der Waals surface area contributed by atoms with Crippen LogP contribution in [0.3, 0.4) is 0 Å². The number of ether oxygens (including phenoxy) is 2. The van der Waals surface area contributed by atoms with Gasteiger partial charge < -0.3 is 9.47 Å². The van der Waals surface area contributed by atoms with Gasteiger partial charge in [-0.3, -0.25) is 4.79 Å². The van der Waals surface area contributed by atoms with Crippen molar-refractivity contribution in [3.8, 4) is 11.8 Å². The molecule has 0 bridgehead atoms. The molecule has 6 heteroatoms. The molecule has 5 nitrogen and oxygen atoms in total. The Hall–Kier alpha value is -1.87. The van der Waals surface area contributed by atoms with Crippen LogP contribution in [0.5, 0.6) is 0 Å². The first-order chi connectivity index (χ1) is 7.67.